The summed E-state index contributed by atoms with van der Waals surface area (Å²) >= 11 is 0. The summed E-state index contributed by atoms with van der Waals surface area (Å²) in [4.78, 5) is 0. The van der Waals surface area contributed by atoms with Crippen LogP contribution < -0.4 is 21.2 Å². The van der Waals surface area contributed by atoms with E-state index >= 15 is 0 Å². The van der Waals surface area contributed by atoms with Crippen molar-refractivity contribution in [3.05, 3.63) is 157 Å². The number of benzene rings is 5. The molecule has 5 aromatic rings. The molecule has 174 valence electrons. The van der Waals surface area contributed by atoms with Crippen LogP contribution in [-0.4, -0.2) is 5.84 Å². The van der Waals surface area contributed by atoms with Crippen LogP contribution in [0.3, 0.4) is 0 Å². The summed E-state index contributed by atoms with van der Waals surface area (Å²) < 4.78 is 16.9. The maximum Gasteiger partial charge on any atom is 0.161 e. The fraction of sp³-hybridized carbons (Fsp3) is 0. The lowest BCUT2D eigenvalue weighted by atomic mass is 10.2. The van der Waals surface area contributed by atoms with Gasteiger partial charge in [-0.05, 0) is 0 Å². The predicted molar refractivity (Wildman–Crippen MR) is 156 cm³/mol. The van der Waals surface area contributed by atoms with Gasteiger partial charge in [0.2, 0.25) is 0 Å². The van der Waals surface area contributed by atoms with Crippen molar-refractivity contribution in [1.29, 1.82) is 0 Å². The van der Waals surface area contributed by atoms with Crippen LogP contribution in [0.4, 0.5) is 0 Å². The van der Waals surface area contributed by atoms with Gasteiger partial charge in [0.25, 0.3) is 0 Å². The summed E-state index contributed by atoms with van der Waals surface area (Å²) in [6, 6.07) is 52.6. The second-order valence-electron chi connectivity index (χ2n) is 8.52. The summed E-state index contributed by atoms with van der Waals surface area (Å²) in [5, 5.41) is 4.54. The van der Waals surface area contributed by atoms with Gasteiger partial charge in [-0.3, -0.25) is 0 Å². The molecule has 1 aliphatic heterocycles. The van der Waals surface area contributed by atoms with Gasteiger partial charge in [0.1, 0.15) is 14.4 Å². The average molecular weight is 502 g/mol. The number of nitrogens with zero attached hydrogens (tertiary/aromatic N) is 3. The van der Waals surface area contributed by atoms with E-state index < -0.39 is 14.4 Å². The molecular weight excluding hydrogens is 476 g/mol. The Hall–Kier alpha value is -3.77. The highest BCUT2D eigenvalue weighted by atomic mass is 31.2. The summed E-state index contributed by atoms with van der Waals surface area (Å²) in [5.41, 5.74) is 1.01. The van der Waals surface area contributed by atoms with Gasteiger partial charge >= 0.3 is 0 Å². The fourth-order valence-corrected chi connectivity index (χ4v) is 12.3. The van der Waals surface area contributed by atoms with Crippen LogP contribution >= 0.6 is 14.4 Å². The summed E-state index contributed by atoms with van der Waals surface area (Å²) in [5.74, 6) is 0.771. The topological polar surface area (TPSA) is 37.1 Å². The molecule has 5 aromatic carbocycles. The van der Waals surface area contributed by atoms with Gasteiger partial charge in [0, 0.05) is 26.8 Å². The lowest BCUT2D eigenvalue weighted by molar-refractivity contribution is 1.52. The highest BCUT2D eigenvalue weighted by Crippen LogP contribution is 2.65. The molecule has 6 rings (SSSR count). The second kappa shape index (κ2) is 9.70. The minimum Gasteiger partial charge on any atom is -0.223 e. The number of hydrogen-bond acceptors (Lipinski definition) is 3. The first-order valence-electron chi connectivity index (χ1n) is 11.9. The van der Waals surface area contributed by atoms with Gasteiger partial charge < -0.3 is 0 Å². The number of amidine groups is 1. The normalized spacial score (nSPS) is 15.7. The molecule has 36 heavy (non-hydrogen) atoms. The fourth-order valence-electron chi connectivity index (χ4n) is 4.50. The third-order valence-corrected chi connectivity index (χ3v) is 13.3. The molecule has 0 atom stereocenters. The smallest absolute Gasteiger partial charge is 0.161 e. The predicted octanol–water partition coefficient (Wildman–Crippen LogP) is 6.98. The van der Waals surface area contributed by atoms with Gasteiger partial charge in [-0.1, -0.05) is 152 Å². The number of rotatable bonds is 5. The van der Waals surface area contributed by atoms with E-state index in [0.717, 1.165) is 32.6 Å². The van der Waals surface area contributed by atoms with Gasteiger partial charge in [-0.25, -0.2) is 14.0 Å². The van der Waals surface area contributed by atoms with Crippen molar-refractivity contribution in [3.63, 3.8) is 0 Å². The molecular formula is C31H25N3P2. The molecule has 0 saturated heterocycles. The van der Waals surface area contributed by atoms with E-state index in [1.807, 2.05) is 6.07 Å². The second-order valence-corrected chi connectivity index (χ2v) is 14.1. The zero-order valence-electron chi connectivity index (χ0n) is 19.7. The summed E-state index contributed by atoms with van der Waals surface area (Å²) in [6.07, 6.45) is 0. The van der Waals surface area contributed by atoms with Crippen LogP contribution in [-0.2, 0) is 0 Å². The molecule has 0 spiro atoms. The molecule has 0 aliphatic carbocycles. The van der Waals surface area contributed by atoms with Crippen molar-refractivity contribution in [2.75, 3.05) is 0 Å². The zero-order chi connectivity index (χ0) is 24.3. The van der Waals surface area contributed by atoms with Crippen LogP contribution in [0.1, 0.15) is 5.56 Å². The summed E-state index contributed by atoms with van der Waals surface area (Å²) in [7, 11) is -5.20. The first-order chi connectivity index (χ1) is 17.8. The molecule has 0 amide bonds. The van der Waals surface area contributed by atoms with Crippen LogP contribution in [0.15, 0.2) is 166 Å². The van der Waals surface area contributed by atoms with Crippen LogP contribution in [0.2, 0.25) is 0 Å². The van der Waals surface area contributed by atoms with Crippen molar-refractivity contribution < 1.29 is 0 Å². The van der Waals surface area contributed by atoms with E-state index in [-0.39, 0.29) is 0 Å². The highest BCUT2D eigenvalue weighted by molar-refractivity contribution is 7.91. The molecule has 3 nitrogen and oxygen atoms in total. The maximum absolute atomic E-state index is 5.87. The quantitative estimate of drug-likeness (QED) is 0.233. The minimum atomic E-state index is -2.60. The highest BCUT2D eigenvalue weighted by Gasteiger charge is 2.36. The third-order valence-electron chi connectivity index (χ3n) is 6.23. The Kier molecular flexibility index (Phi) is 6.11. The Balaban J connectivity index is 1.83. The zero-order valence-corrected chi connectivity index (χ0v) is 21.5. The largest absolute Gasteiger partial charge is 0.223 e. The van der Waals surface area contributed by atoms with E-state index in [2.05, 4.69) is 146 Å². The lowest BCUT2D eigenvalue weighted by Gasteiger charge is -2.32. The Morgan fingerprint density at radius 2 is 0.694 bits per heavy atom. The Bertz CT molecular complexity index is 1450. The molecule has 0 aromatic heterocycles. The average Bonchev–Trinajstić information content (AvgIpc) is 2.99. The molecule has 1 heterocycles. The van der Waals surface area contributed by atoms with Gasteiger partial charge in [-0.2, -0.15) is 0 Å². The standard InChI is InChI=1S/C31H25N3P2/c1-6-16-26(17-7-1)31-32-35(27-18-8-2-9-19-27,28-20-10-3-11-21-28)34-36(33-31,29-22-12-4-13-23-29)30-24-14-5-15-25-30/h1-25H. The molecule has 0 saturated carbocycles. The van der Waals surface area contributed by atoms with Gasteiger partial charge in [-0.15, -0.1) is 0 Å². The summed E-state index contributed by atoms with van der Waals surface area (Å²) in [6.45, 7) is 0. The van der Waals surface area contributed by atoms with Crippen molar-refractivity contribution >= 4 is 41.5 Å². The van der Waals surface area contributed by atoms with E-state index in [1.54, 1.807) is 0 Å². The Labute approximate surface area is 212 Å². The Morgan fingerprint density at radius 3 is 1.08 bits per heavy atom. The van der Waals surface area contributed by atoms with Crippen molar-refractivity contribution in [3.8, 4) is 0 Å². The van der Waals surface area contributed by atoms with Crippen LogP contribution in [0, 0.1) is 0 Å². The van der Waals surface area contributed by atoms with Crippen molar-refractivity contribution in [2.45, 2.75) is 0 Å². The number of hydrogen-bond donors (Lipinski definition) is 0. The van der Waals surface area contributed by atoms with Crippen molar-refractivity contribution in [2.24, 2.45) is 14.0 Å². The minimum absolute atomic E-state index is 0.771. The van der Waals surface area contributed by atoms with Gasteiger partial charge in [0.15, 0.2) is 5.84 Å². The molecule has 1 aliphatic rings. The molecule has 0 radical (unpaired) electrons. The van der Waals surface area contributed by atoms with E-state index in [0.29, 0.717) is 0 Å². The lowest BCUT2D eigenvalue weighted by Crippen LogP contribution is -2.23. The van der Waals surface area contributed by atoms with E-state index in [4.69, 9.17) is 14.0 Å². The van der Waals surface area contributed by atoms with E-state index in [1.165, 1.54) is 0 Å². The Morgan fingerprint density at radius 1 is 0.361 bits per heavy atom. The van der Waals surface area contributed by atoms with Gasteiger partial charge in [0.05, 0.1) is 0 Å². The molecule has 0 bridgehead atoms. The molecule has 0 unspecified atom stereocenters. The van der Waals surface area contributed by atoms with Crippen molar-refractivity contribution in [1.82, 2.24) is 0 Å². The third kappa shape index (κ3) is 4.01. The first-order valence-corrected chi connectivity index (χ1v) is 15.3. The molecule has 5 heteroatoms. The first kappa shape index (κ1) is 22.7. The van der Waals surface area contributed by atoms with Crippen LogP contribution in [0.5, 0.6) is 0 Å². The monoisotopic (exact) mass is 501 g/mol. The molecule has 0 fully saturated rings. The van der Waals surface area contributed by atoms with Crippen LogP contribution in [0.25, 0.3) is 0 Å². The molecule has 0 N–H and O–H groups in total. The van der Waals surface area contributed by atoms with E-state index in [9.17, 15) is 0 Å². The maximum atomic E-state index is 5.87. The SMILES string of the molecule is c1ccc(C2=NP(c3ccccc3)(c3ccccc3)=NP(c3ccccc3)(c3ccccc3)=N2)cc1.